The number of alkyl halides is 2. The van der Waals surface area contributed by atoms with Crippen LogP contribution in [-0.4, -0.2) is 18.6 Å². The first-order valence-corrected chi connectivity index (χ1v) is 6.00. The molecule has 0 saturated heterocycles. The summed E-state index contributed by atoms with van der Waals surface area (Å²) in [5.74, 6) is -0.227. The maximum atomic E-state index is 12.2. The second-order valence-electron chi connectivity index (χ2n) is 4.60. The molecule has 4 nitrogen and oxygen atoms in total. The lowest BCUT2D eigenvalue weighted by Gasteiger charge is -2.16. The lowest BCUT2D eigenvalue weighted by Crippen LogP contribution is -2.36. The number of rotatable bonds is 6. The Hall–Kier alpha value is -1.69. The number of ether oxygens (including phenoxy) is 1. The van der Waals surface area contributed by atoms with Crippen LogP contribution in [0.5, 0.6) is 5.75 Å². The first-order valence-electron chi connectivity index (χ1n) is 6.00. The Labute approximate surface area is 110 Å². The highest BCUT2D eigenvalue weighted by atomic mass is 19.3. The van der Waals surface area contributed by atoms with Gasteiger partial charge in [-0.05, 0) is 24.5 Å². The summed E-state index contributed by atoms with van der Waals surface area (Å²) in [5, 5.41) is 2.50. The van der Waals surface area contributed by atoms with E-state index in [2.05, 4.69) is 10.1 Å². The number of carbonyl (C=O) groups excluding carboxylic acids is 1. The van der Waals surface area contributed by atoms with Crippen LogP contribution in [0.15, 0.2) is 24.3 Å². The summed E-state index contributed by atoms with van der Waals surface area (Å²) in [6, 6.07) is 5.32. The predicted octanol–water partition coefficient (Wildman–Crippen LogP) is 2.60. The van der Waals surface area contributed by atoms with Gasteiger partial charge in [-0.25, -0.2) is 0 Å². The van der Waals surface area contributed by atoms with Crippen molar-refractivity contribution < 1.29 is 18.3 Å². The fourth-order valence-corrected chi connectivity index (χ4v) is 1.61. The first-order chi connectivity index (χ1) is 8.90. The van der Waals surface area contributed by atoms with Crippen LogP contribution < -0.4 is 15.8 Å². The topological polar surface area (TPSA) is 64.4 Å². The molecule has 19 heavy (non-hydrogen) atoms. The van der Waals surface area contributed by atoms with E-state index in [9.17, 15) is 13.6 Å². The van der Waals surface area contributed by atoms with Gasteiger partial charge in [0.05, 0.1) is 11.7 Å². The zero-order valence-corrected chi connectivity index (χ0v) is 10.9. The van der Waals surface area contributed by atoms with E-state index in [-0.39, 0.29) is 17.4 Å². The molecule has 1 rings (SSSR count). The van der Waals surface area contributed by atoms with E-state index < -0.39 is 18.6 Å². The standard InChI is InChI=1S/C13H18F2N2O2/c1-8(2)7-9(16)12(18)17-10-5-3-4-6-11(10)19-13(14)15/h3-6,8-9,13H,7,16H2,1-2H3,(H,17,18)/t9-/m0/s1. The van der Waals surface area contributed by atoms with Gasteiger partial charge in [0.15, 0.2) is 0 Å². The van der Waals surface area contributed by atoms with Crippen LogP contribution >= 0.6 is 0 Å². The lowest BCUT2D eigenvalue weighted by atomic mass is 10.0. The molecule has 3 N–H and O–H groups in total. The van der Waals surface area contributed by atoms with Crippen LogP contribution in [0.2, 0.25) is 0 Å². The monoisotopic (exact) mass is 272 g/mol. The Morgan fingerprint density at radius 2 is 2.00 bits per heavy atom. The van der Waals surface area contributed by atoms with E-state index in [0.29, 0.717) is 6.42 Å². The van der Waals surface area contributed by atoms with Crippen molar-refractivity contribution in [2.75, 3.05) is 5.32 Å². The number of halogens is 2. The molecule has 0 aliphatic carbocycles. The van der Waals surface area contributed by atoms with Crippen LogP contribution in [0.1, 0.15) is 20.3 Å². The van der Waals surface area contributed by atoms with Crippen LogP contribution in [0, 0.1) is 5.92 Å². The summed E-state index contributed by atoms with van der Waals surface area (Å²) in [4.78, 5) is 11.8. The highest BCUT2D eigenvalue weighted by Crippen LogP contribution is 2.25. The highest BCUT2D eigenvalue weighted by Gasteiger charge is 2.17. The van der Waals surface area contributed by atoms with Crippen molar-refractivity contribution in [2.45, 2.75) is 32.9 Å². The Bertz CT molecular complexity index is 425. The highest BCUT2D eigenvalue weighted by molar-refractivity contribution is 5.95. The van der Waals surface area contributed by atoms with Crippen LogP contribution in [0.3, 0.4) is 0 Å². The molecule has 0 unspecified atom stereocenters. The fourth-order valence-electron chi connectivity index (χ4n) is 1.61. The normalized spacial score (nSPS) is 12.6. The van der Waals surface area contributed by atoms with Crippen molar-refractivity contribution in [3.8, 4) is 5.75 Å². The Morgan fingerprint density at radius 1 is 1.37 bits per heavy atom. The molecule has 0 saturated carbocycles. The number of benzene rings is 1. The molecular formula is C13H18F2N2O2. The van der Waals surface area contributed by atoms with Crippen molar-refractivity contribution in [1.29, 1.82) is 0 Å². The smallest absolute Gasteiger partial charge is 0.387 e. The minimum Gasteiger partial charge on any atom is -0.433 e. The minimum absolute atomic E-state index is 0.0809. The van der Waals surface area contributed by atoms with Gasteiger partial charge >= 0.3 is 6.61 Å². The average molecular weight is 272 g/mol. The summed E-state index contributed by atoms with van der Waals surface area (Å²) in [6.07, 6.45) is 0.518. The number of hydrogen-bond donors (Lipinski definition) is 2. The molecule has 1 aromatic carbocycles. The number of anilines is 1. The number of para-hydroxylation sites is 2. The number of hydrogen-bond acceptors (Lipinski definition) is 3. The van der Waals surface area contributed by atoms with E-state index in [1.54, 1.807) is 12.1 Å². The molecule has 0 fully saturated rings. The molecular weight excluding hydrogens is 254 g/mol. The van der Waals surface area contributed by atoms with Gasteiger partial charge in [-0.15, -0.1) is 0 Å². The van der Waals surface area contributed by atoms with Gasteiger partial charge in [0.2, 0.25) is 5.91 Å². The largest absolute Gasteiger partial charge is 0.433 e. The van der Waals surface area contributed by atoms with E-state index >= 15 is 0 Å². The molecule has 0 bridgehead atoms. The van der Waals surface area contributed by atoms with Gasteiger partial charge in [0.25, 0.3) is 0 Å². The summed E-state index contributed by atoms with van der Waals surface area (Å²) in [5.41, 5.74) is 5.90. The quantitative estimate of drug-likeness (QED) is 0.836. The summed E-state index contributed by atoms with van der Waals surface area (Å²) >= 11 is 0. The molecule has 0 heterocycles. The van der Waals surface area contributed by atoms with Gasteiger partial charge in [0, 0.05) is 0 Å². The Balaban J connectivity index is 2.73. The summed E-state index contributed by atoms with van der Waals surface area (Å²) < 4.78 is 28.7. The second-order valence-corrected chi connectivity index (χ2v) is 4.60. The lowest BCUT2D eigenvalue weighted by molar-refractivity contribution is -0.117. The molecule has 0 aromatic heterocycles. The predicted molar refractivity (Wildman–Crippen MR) is 69.1 cm³/mol. The minimum atomic E-state index is -2.94. The van der Waals surface area contributed by atoms with E-state index in [1.165, 1.54) is 12.1 Å². The molecule has 1 amide bonds. The van der Waals surface area contributed by atoms with Gasteiger partial charge in [-0.1, -0.05) is 26.0 Å². The second kappa shape index (κ2) is 7.04. The van der Waals surface area contributed by atoms with E-state index in [0.717, 1.165) is 0 Å². The maximum absolute atomic E-state index is 12.2. The number of carbonyl (C=O) groups is 1. The average Bonchev–Trinajstić information content (AvgIpc) is 2.30. The van der Waals surface area contributed by atoms with Crippen LogP contribution in [0.4, 0.5) is 14.5 Å². The SMILES string of the molecule is CC(C)C[C@H](N)C(=O)Nc1ccccc1OC(F)F. The van der Waals surface area contributed by atoms with Crippen molar-refractivity contribution in [1.82, 2.24) is 0 Å². The molecule has 0 spiro atoms. The van der Waals surface area contributed by atoms with Gasteiger partial charge < -0.3 is 15.8 Å². The number of nitrogens with one attached hydrogen (secondary N) is 1. The Kier molecular flexibility index (Phi) is 5.69. The molecule has 1 atom stereocenters. The van der Waals surface area contributed by atoms with Crippen molar-refractivity contribution in [2.24, 2.45) is 11.7 Å². The van der Waals surface area contributed by atoms with E-state index in [4.69, 9.17) is 5.73 Å². The maximum Gasteiger partial charge on any atom is 0.387 e. The van der Waals surface area contributed by atoms with Crippen molar-refractivity contribution in [3.05, 3.63) is 24.3 Å². The summed E-state index contributed by atoms with van der Waals surface area (Å²) in [6.45, 7) is 0.949. The summed E-state index contributed by atoms with van der Waals surface area (Å²) in [7, 11) is 0. The third kappa shape index (κ3) is 5.21. The zero-order valence-electron chi connectivity index (χ0n) is 10.9. The van der Waals surface area contributed by atoms with Crippen LogP contribution in [0.25, 0.3) is 0 Å². The molecule has 6 heteroatoms. The fraction of sp³-hybridized carbons (Fsp3) is 0.462. The number of nitrogens with two attached hydrogens (primary N) is 1. The molecule has 1 aromatic rings. The van der Waals surface area contributed by atoms with Crippen LogP contribution in [-0.2, 0) is 4.79 Å². The third-order valence-electron chi connectivity index (χ3n) is 2.42. The zero-order chi connectivity index (χ0) is 14.4. The van der Waals surface area contributed by atoms with E-state index in [1.807, 2.05) is 13.8 Å². The van der Waals surface area contributed by atoms with Crippen molar-refractivity contribution in [3.63, 3.8) is 0 Å². The van der Waals surface area contributed by atoms with Gasteiger partial charge in [-0.2, -0.15) is 8.78 Å². The third-order valence-corrected chi connectivity index (χ3v) is 2.42. The molecule has 106 valence electrons. The molecule has 0 aliphatic heterocycles. The first kappa shape index (κ1) is 15.4. The van der Waals surface area contributed by atoms with Gasteiger partial charge in [-0.3, -0.25) is 4.79 Å². The Morgan fingerprint density at radius 3 is 2.58 bits per heavy atom. The van der Waals surface area contributed by atoms with Crippen molar-refractivity contribution >= 4 is 11.6 Å². The molecule has 0 radical (unpaired) electrons. The molecule has 0 aliphatic rings. The number of amides is 1. The van der Waals surface area contributed by atoms with Gasteiger partial charge in [0.1, 0.15) is 5.75 Å².